The Hall–Kier alpha value is -3.80. The largest absolute Gasteiger partial charge is 0.497 e. The second-order valence-electron chi connectivity index (χ2n) is 9.53. The van der Waals surface area contributed by atoms with Crippen LogP contribution >= 0.6 is 12.4 Å². The summed E-state index contributed by atoms with van der Waals surface area (Å²) in [5, 5.41) is 9.14. The van der Waals surface area contributed by atoms with E-state index in [9.17, 15) is 4.79 Å². The Bertz CT molecular complexity index is 1240. The molecule has 4 aromatic carbocycles. The first kappa shape index (κ1) is 29.8. The summed E-state index contributed by atoms with van der Waals surface area (Å²) in [4.78, 5) is 13.6. The highest BCUT2D eigenvalue weighted by molar-refractivity contribution is 5.85. The number of ether oxygens (including phenoxy) is 2. The monoisotopic (exact) mass is 545 g/mol. The van der Waals surface area contributed by atoms with Gasteiger partial charge < -0.3 is 14.6 Å². The first-order chi connectivity index (χ1) is 18.5. The third-order valence-corrected chi connectivity index (χ3v) is 6.73. The smallest absolute Gasteiger partial charge is 0.307 e. The molecule has 1 atom stereocenters. The minimum Gasteiger partial charge on any atom is -0.497 e. The molecule has 4 rings (SSSR count). The van der Waals surface area contributed by atoms with Crippen molar-refractivity contribution in [2.75, 3.05) is 20.3 Å². The third kappa shape index (κ3) is 8.88. The molecule has 6 heteroatoms. The van der Waals surface area contributed by atoms with Gasteiger partial charge >= 0.3 is 5.97 Å². The van der Waals surface area contributed by atoms with Gasteiger partial charge in [-0.2, -0.15) is 0 Å². The van der Waals surface area contributed by atoms with Gasteiger partial charge in [-0.1, -0.05) is 84.9 Å². The molecule has 1 N–H and O–H groups in total. The van der Waals surface area contributed by atoms with Crippen molar-refractivity contribution in [2.45, 2.75) is 31.8 Å². The number of benzene rings is 4. The van der Waals surface area contributed by atoms with Crippen LogP contribution in [-0.4, -0.2) is 42.3 Å². The highest BCUT2D eigenvalue weighted by Crippen LogP contribution is 2.28. The summed E-state index contributed by atoms with van der Waals surface area (Å²) in [6, 6.07) is 36.9. The summed E-state index contributed by atoms with van der Waals surface area (Å²) in [5.41, 5.74) is 4.47. The van der Waals surface area contributed by atoms with Crippen LogP contribution in [0.2, 0.25) is 0 Å². The van der Waals surface area contributed by atoms with E-state index in [4.69, 9.17) is 14.6 Å². The average Bonchev–Trinajstić information content (AvgIpc) is 2.95. The first-order valence-electron chi connectivity index (χ1n) is 12.9. The van der Waals surface area contributed by atoms with Gasteiger partial charge in [-0.15, -0.1) is 12.4 Å². The van der Waals surface area contributed by atoms with Crippen molar-refractivity contribution in [2.24, 2.45) is 0 Å². The standard InChI is InChI=1S/C33H35NO4.ClH/c1-25(24-38-31-15-9-10-27(20-31)21-33(35)36)34(22-26-16-18-30(37-2)19-17-26)23-32(28-11-5-3-6-12-28)29-13-7-4-8-14-29;/h3-20,25,32H,21-24H2,1-2H3,(H,35,36);1H. The maximum atomic E-state index is 11.1. The zero-order valence-electron chi connectivity index (χ0n) is 22.4. The second-order valence-corrected chi connectivity index (χ2v) is 9.53. The molecule has 0 heterocycles. The van der Waals surface area contributed by atoms with Gasteiger partial charge in [0.2, 0.25) is 0 Å². The van der Waals surface area contributed by atoms with E-state index < -0.39 is 5.97 Å². The van der Waals surface area contributed by atoms with Crippen LogP contribution in [0.1, 0.15) is 35.1 Å². The van der Waals surface area contributed by atoms with Gasteiger partial charge in [0.1, 0.15) is 18.1 Å². The third-order valence-electron chi connectivity index (χ3n) is 6.73. The molecule has 39 heavy (non-hydrogen) atoms. The summed E-state index contributed by atoms with van der Waals surface area (Å²) in [7, 11) is 1.68. The zero-order chi connectivity index (χ0) is 26.7. The molecule has 204 valence electrons. The molecule has 0 saturated carbocycles. The molecule has 0 fully saturated rings. The number of halogens is 1. The summed E-state index contributed by atoms with van der Waals surface area (Å²) in [5.74, 6) is 0.859. The van der Waals surface area contributed by atoms with Gasteiger partial charge in [-0.3, -0.25) is 9.69 Å². The molecular formula is C33H36ClNO4. The summed E-state index contributed by atoms with van der Waals surface area (Å²) >= 11 is 0. The number of hydrogen-bond donors (Lipinski definition) is 1. The summed E-state index contributed by atoms with van der Waals surface area (Å²) < 4.78 is 11.5. The Morgan fingerprint density at radius 3 is 1.97 bits per heavy atom. The summed E-state index contributed by atoms with van der Waals surface area (Å²) in [6.45, 7) is 4.22. The minimum absolute atomic E-state index is 0. The Balaban J connectivity index is 0.00000420. The van der Waals surface area contributed by atoms with Crippen LogP contribution in [0.3, 0.4) is 0 Å². The van der Waals surface area contributed by atoms with Crippen LogP contribution in [0.5, 0.6) is 11.5 Å². The SMILES string of the molecule is COc1ccc(CN(CC(c2ccccc2)c2ccccc2)C(C)COc2cccc(CC(=O)O)c2)cc1.Cl. The van der Waals surface area contributed by atoms with Gasteiger partial charge in [-0.25, -0.2) is 0 Å². The van der Waals surface area contributed by atoms with Gasteiger partial charge in [0.05, 0.1) is 13.5 Å². The van der Waals surface area contributed by atoms with E-state index in [1.165, 1.54) is 16.7 Å². The predicted octanol–water partition coefficient (Wildman–Crippen LogP) is 6.85. The normalized spacial score (nSPS) is 11.6. The lowest BCUT2D eigenvalue weighted by atomic mass is 9.90. The van der Waals surface area contributed by atoms with Crippen molar-refractivity contribution in [1.82, 2.24) is 4.90 Å². The molecule has 1 unspecified atom stereocenters. The highest BCUT2D eigenvalue weighted by Gasteiger charge is 2.23. The molecule has 0 aromatic heterocycles. The molecular weight excluding hydrogens is 510 g/mol. The molecule has 0 spiro atoms. The topological polar surface area (TPSA) is 59.0 Å². The van der Waals surface area contributed by atoms with Gasteiger partial charge in [0.25, 0.3) is 0 Å². The van der Waals surface area contributed by atoms with Crippen LogP contribution in [0.4, 0.5) is 0 Å². The maximum Gasteiger partial charge on any atom is 0.307 e. The van der Waals surface area contributed by atoms with Crippen LogP contribution in [0.15, 0.2) is 109 Å². The molecule has 5 nitrogen and oxygen atoms in total. The maximum absolute atomic E-state index is 11.1. The van der Waals surface area contributed by atoms with Crippen LogP contribution in [0.25, 0.3) is 0 Å². The zero-order valence-corrected chi connectivity index (χ0v) is 23.2. The molecule has 0 amide bonds. The van der Waals surface area contributed by atoms with Gasteiger partial charge in [0, 0.05) is 25.0 Å². The minimum atomic E-state index is -0.853. The lowest BCUT2D eigenvalue weighted by Gasteiger charge is -2.33. The van der Waals surface area contributed by atoms with Crippen molar-refractivity contribution in [3.05, 3.63) is 131 Å². The lowest BCUT2D eigenvalue weighted by molar-refractivity contribution is -0.136. The number of hydrogen-bond acceptors (Lipinski definition) is 4. The predicted molar refractivity (Wildman–Crippen MR) is 158 cm³/mol. The van der Waals surface area contributed by atoms with Crippen molar-refractivity contribution < 1.29 is 19.4 Å². The second kappa shape index (κ2) is 15.0. The Morgan fingerprint density at radius 2 is 1.41 bits per heavy atom. The molecule has 0 radical (unpaired) electrons. The van der Waals surface area contributed by atoms with Crippen molar-refractivity contribution >= 4 is 18.4 Å². The van der Waals surface area contributed by atoms with Gasteiger partial charge in [0.15, 0.2) is 0 Å². The fourth-order valence-corrected chi connectivity index (χ4v) is 4.62. The average molecular weight is 546 g/mol. The fourth-order valence-electron chi connectivity index (χ4n) is 4.62. The first-order valence-corrected chi connectivity index (χ1v) is 12.9. The molecule has 0 saturated heterocycles. The number of methoxy groups -OCH3 is 1. The van der Waals surface area contributed by atoms with Crippen molar-refractivity contribution in [3.63, 3.8) is 0 Å². The molecule has 0 aliphatic carbocycles. The van der Waals surface area contributed by atoms with Crippen molar-refractivity contribution in [3.8, 4) is 11.5 Å². The number of carboxylic acids is 1. The van der Waals surface area contributed by atoms with E-state index in [0.717, 1.165) is 24.4 Å². The van der Waals surface area contributed by atoms with E-state index in [0.29, 0.717) is 12.4 Å². The van der Waals surface area contributed by atoms with Crippen molar-refractivity contribution in [1.29, 1.82) is 0 Å². The fraction of sp³-hybridized carbons (Fsp3) is 0.242. The molecule has 0 aliphatic rings. The lowest BCUT2D eigenvalue weighted by Crippen LogP contribution is -2.39. The molecule has 0 aliphatic heterocycles. The van der Waals surface area contributed by atoms with E-state index >= 15 is 0 Å². The summed E-state index contributed by atoms with van der Waals surface area (Å²) in [6.07, 6.45) is -0.0216. The molecule has 0 bridgehead atoms. The number of aliphatic carboxylic acids is 1. The van der Waals surface area contributed by atoms with Gasteiger partial charge in [-0.05, 0) is 53.4 Å². The van der Waals surface area contributed by atoms with Crippen LogP contribution in [0, 0.1) is 0 Å². The Morgan fingerprint density at radius 1 is 0.795 bits per heavy atom. The highest BCUT2D eigenvalue weighted by atomic mass is 35.5. The molecule has 4 aromatic rings. The number of carbonyl (C=O) groups is 1. The number of carboxylic acid groups (broad SMARTS) is 1. The van der Waals surface area contributed by atoms with E-state index in [1.807, 2.05) is 36.4 Å². The van der Waals surface area contributed by atoms with E-state index in [1.54, 1.807) is 7.11 Å². The number of nitrogens with zero attached hydrogens (tertiary/aromatic N) is 1. The quantitative estimate of drug-likeness (QED) is 0.199. The Labute approximate surface area is 237 Å². The van der Waals surface area contributed by atoms with E-state index in [-0.39, 0.29) is 30.8 Å². The van der Waals surface area contributed by atoms with Crippen LogP contribution < -0.4 is 9.47 Å². The van der Waals surface area contributed by atoms with E-state index in [2.05, 4.69) is 84.6 Å². The number of rotatable bonds is 13. The van der Waals surface area contributed by atoms with Crippen LogP contribution in [-0.2, 0) is 17.8 Å². The Kier molecular flexibility index (Phi) is 11.4.